The van der Waals surface area contributed by atoms with Crippen molar-refractivity contribution >= 4 is 23.4 Å². The quantitative estimate of drug-likeness (QED) is 0.369. The zero-order valence-corrected chi connectivity index (χ0v) is 12.3. The number of Topliss-reactive ketones (excluding diaryl/α,β-unsaturated/α-hetero) is 1. The van der Waals surface area contributed by atoms with Gasteiger partial charge < -0.3 is 4.74 Å². The van der Waals surface area contributed by atoms with Crippen LogP contribution in [0.2, 0.25) is 0 Å². The molecule has 0 fully saturated rings. The van der Waals surface area contributed by atoms with Crippen molar-refractivity contribution in [3.05, 3.63) is 36.4 Å². The Hall–Kier alpha value is -1.35. The third-order valence-corrected chi connectivity index (χ3v) is 2.85. The average Bonchev–Trinajstić information content (AvgIpc) is 2.32. The SMILES string of the molecule is C=CCC(C(=O)OC)C(=O)C(CC(=C)C)CC(=C)Cl. The van der Waals surface area contributed by atoms with Crippen LogP contribution in [0.4, 0.5) is 0 Å². The summed E-state index contributed by atoms with van der Waals surface area (Å²) in [5, 5.41) is 0.391. The number of rotatable bonds is 9. The molecule has 0 saturated carbocycles. The van der Waals surface area contributed by atoms with Crippen molar-refractivity contribution in [2.75, 3.05) is 7.11 Å². The first-order valence-corrected chi connectivity index (χ1v) is 6.41. The number of halogens is 1. The van der Waals surface area contributed by atoms with Crippen LogP contribution >= 0.6 is 11.6 Å². The van der Waals surface area contributed by atoms with Crippen LogP contribution in [0.5, 0.6) is 0 Å². The molecule has 0 amide bonds. The second-order valence-electron chi connectivity index (χ2n) is 4.58. The number of carbonyl (C=O) groups excluding carboxylic acids is 2. The van der Waals surface area contributed by atoms with E-state index in [4.69, 9.17) is 11.6 Å². The molecule has 0 radical (unpaired) electrons. The highest BCUT2D eigenvalue weighted by Gasteiger charge is 2.32. The molecule has 0 aliphatic rings. The van der Waals surface area contributed by atoms with E-state index in [-0.39, 0.29) is 12.2 Å². The summed E-state index contributed by atoms with van der Waals surface area (Å²) in [4.78, 5) is 24.1. The van der Waals surface area contributed by atoms with E-state index in [2.05, 4.69) is 24.5 Å². The first-order chi connectivity index (χ1) is 8.83. The zero-order chi connectivity index (χ0) is 15.0. The van der Waals surface area contributed by atoms with E-state index in [1.54, 1.807) is 0 Å². The van der Waals surface area contributed by atoms with Crippen LogP contribution in [0.3, 0.4) is 0 Å². The minimum atomic E-state index is -0.831. The smallest absolute Gasteiger partial charge is 0.316 e. The van der Waals surface area contributed by atoms with Crippen molar-refractivity contribution in [3.8, 4) is 0 Å². The molecule has 4 heteroatoms. The molecule has 0 aromatic heterocycles. The van der Waals surface area contributed by atoms with Gasteiger partial charge in [0.1, 0.15) is 5.92 Å². The first kappa shape index (κ1) is 17.6. The van der Waals surface area contributed by atoms with E-state index in [0.717, 1.165) is 5.57 Å². The van der Waals surface area contributed by atoms with Crippen molar-refractivity contribution in [3.63, 3.8) is 0 Å². The van der Waals surface area contributed by atoms with Gasteiger partial charge in [0, 0.05) is 11.0 Å². The van der Waals surface area contributed by atoms with Crippen LogP contribution in [0.15, 0.2) is 36.4 Å². The summed E-state index contributed by atoms with van der Waals surface area (Å²) in [6.45, 7) is 12.8. The molecule has 0 aromatic carbocycles. The van der Waals surface area contributed by atoms with Gasteiger partial charge in [0.2, 0.25) is 0 Å². The Labute approximate surface area is 120 Å². The van der Waals surface area contributed by atoms with E-state index in [9.17, 15) is 9.59 Å². The molecule has 0 spiro atoms. The molecule has 0 aliphatic heterocycles. The van der Waals surface area contributed by atoms with Gasteiger partial charge in [-0.1, -0.05) is 29.8 Å². The van der Waals surface area contributed by atoms with Gasteiger partial charge in [-0.15, -0.1) is 13.2 Å². The number of carbonyl (C=O) groups is 2. The Morgan fingerprint density at radius 3 is 2.26 bits per heavy atom. The highest BCUT2D eigenvalue weighted by Crippen LogP contribution is 2.26. The molecule has 0 N–H and O–H groups in total. The summed E-state index contributed by atoms with van der Waals surface area (Å²) in [5.41, 5.74) is 0.860. The van der Waals surface area contributed by atoms with Gasteiger partial charge in [-0.3, -0.25) is 9.59 Å². The van der Waals surface area contributed by atoms with Crippen molar-refractivity contribution in [1.29, 1.82) is 0 Å². The van der Waals surface area contributed by atoms with E-state index in [1.807, 2.05) is 6.92 Å². The van der Waals surface area contributed by atoms with E-state index in [0.29, 0.717) is 17.9 Å². The highest BCUT2D eigenvalue weighted by atomic mass is 35.5. The Kier molecular flexibility index (Phi) is 8.08. The molecule has 106 valence electrons. The third kappa shape index (κ3) is 6.39. The van der Waals surface area contributed by atoms with Crippen LogP contribution < -0.4 is 0 Å². The molecule has 2 atom stereocenters. The number of hydrogen-bond acceptors (Lipinski definition) is 3. The van der Waals surface area contributed by atoms with Gasteiger partial charge in [0.25, 0.3) is 0 Å². The summed E-state index contributed by atoms with van der Waals surface area (Å²) in [6, 6.07) is 0. The number of hydrogen-bond donors (Lipinski definition) is 0. The molecule has 19 heavy (non-hydrogen) atoms. The Bertz CT molecular complexity index is 369. The Morgan fingerprint density at radius 2 is 1.89 bits per heavy atom. The van der Waals surface area contributed by atoms with Crippen molar-refractivity contribution in [1.82, 2.24) is 0 Å². The minimum absolute atomic E-state index is 0.198. The molecular weight excluding hydrogens is 264 g/mol. The van der Waals surface area contributed by atoms with Crippen molar-refractivity contribution in [2.45, 2.75) is 26.2 Å². The van der Waals surface area contributed by atoms with E-state index in [1.165, 1.54) is 13.2 Å². The van der Waals surface area contributed by atoms with Gasteiger partial charge in [0.05, 0.1) is 7.11 Å². The van der Waals surface area contributed by atoms with Crippen LogP contribution in [0.1, 0.15) is 26.2 Å². The van der Waals surface area contributed by atoms with Gasteiger partial charge in [0.15, 0.2) is 5.78 Å². The fraction of sp³-hybridized carbons (Fsp3) is 0.467. The van der Waals surface area contributed by atoms with Gasteiger partial charge in [-0.2, -0.15) is 0 Å². The Morgan fingerprint density at radius 1 is 1.32 bits per heavy atom. The maximum absolute atomic E-state index is 12.4. The largest absolute Gasteiger partial charge is 0.468 e. The third-order valence-electron chi connectivity index (χ3n) is 2.70. The molecule has 0 rings (SSSR count). The Balaban J connectivity index is 5.09. The van der Waals surface area contributed by atoms with Crippen LogP contribution in [0.25, 0.3) is 0 Å². The molecule has 0 bridgehead atoms. The summed E-state index contributed by atoms with van der Waals surface area (Å²) >= 11 is 5.78. The number of methoxy groups -OCH3 is 1. The van der Waals surface area contributed by atoms with Crippen molar-refractivity contribution in [2.24, 2.45) is 11.8 Å². The fourth-order valence-electron chi connectivity index (χ4n) is 1.88. The lowest BCUT2D eigenvalue weighted by atomic mass is 9.84. The maximum atomic E-state index is 12.4. The van der Waals surface area contributed by atoms with Gasteiger partial charge in [-0.25, -0.2) is 0 Å². The molecular formula is C15H21ClO3. The first-order valence-electron chi connectivity index (χ1n) is 6.03. The van der Waals surface area contributed by atoms with Crippen molar-refractivity contribution < 1.29 is 14.3 Å². The monoisotopic (exact) mass is 284 g/mol. The van der Waals surface area contributed by atoms with Gasteiger partial charge in [-0.05, 0) is 26.2 Å². The predicted molar refractivity (Wildman–Crippen MR) is 77.9 cm³/mol. The summed E-state index contributed by atoms with van der Waals surface area (Å²) in [7, 11) is 1.26. The standard InChI is InChI=1S/C15H21ClO3/c1-6-7-13(15(18)19-5)14(17)12(8-10(2)3)9-11(4)16/h6,12-13H,1-2,4,7-9H2,3,5H3. The lowest BCUT2D eigenvalue weighted by Gasteiger charge is -2.20. The van der Waals surface area contributed by atoms with E-state index < -0.39 is 17.8 Å². The maximum Gasteiger partial charge on any atom is 0.316 e. The summed E-state index contributed by atoms with van der Waals surface area (Å²) < 4.78 is 4.66. The normalized spacial score (nSPS) is 13.2. The second kappa shape index (κ2) is 8.70. The number of ketones is 1. The average molecular weight is 285 g/mol. The molecule has 3 nitrogen and oxygen atoms in total. The second-order valence-corrected chi connectivity index (χ2v) is 5.12. The van der Waals surface area contributed by atoms with Gasteiger partial charge >= 0.3 is 5.97 Å². The molecule has 2 unspecified atom stereocenters. The topological polar surface area (TPSA) is 43.4 Å². The molecule has 0 saturated heterocycles. The molecule has 0 aliphatic carbocycles. The number of ether oxygens (including phenoxy) is 1. The summed E-state index contributed by atoms with van der Waals surface area (Å²) in [5.74, 6) is -1.97. The highest BCUT2D eigenvalue weighted by molar-refractivity contribution is 6.29. The van der Waals surface area contributed by atoms with Crippen LogP contribution in [-0.2, 0) is 14.3 Å². The van der Waals surface area contributed by atoms with Crippen LogP contribution in [-0.4, -0.2) is 18.9 Å². The lowest BCUT2D eigenvalue weighted by Crippen LogP contribution is -2.31. The number of esters is 1. The number of allylic oxidation sites excluding steroid dienone is 3. The zero-order valence-electron chi connectivity index (χ0n) is 11.6. The van der Waals surface area contributed by atoms with Crippen LogP contribution in [0, 0.1) is 11.8 Å². The molecule has 0 aromatic rings. The predicted octanol–water partition coefficient (Wildman–Crippen LogP) is 3.65. The summed E-state index contributed by atoms with van der Waals surface area (Å²) in [6.07, 6.45) is 2.60. The fourth-order valence-corrected chi connectivity index (χ4v) is 2.07. The lowest BCUT2D eigenvalue weighted by molar-refractivity contribution is -0.150. The molecule has 0 heterocycles. The van der Waals surface area contributed by atoms with E-state index >= 15 is 0 Å². The minimum Gasteiger partial charge on any atom is -0.468 e.